The van der Waals surface area contributed by atoms with Crippen LogP contribution >= 0.6 is 0 Å². The maximum absolute atomic E-state index is 15.0. The molecule has 470 valence electrons. The van der Waals surface area contributed by atoms with Gasteiger partial charge in [-0.15, -0.1) is 0 Å². The number of hydrogen-bond donors (Lipinski definition) is 6. The first-order valence-corrected chi connectivity index (χ1v) is 32.6. The van der Waals surface area contributed by atoms with Crippen molar-refractivity contribution < 1.29 is 47.1 Å². The number of hydrogen-bond acceptors (Lipinski definition) is 9. The van der Waals surface area contributed by atoms with Crippen molar-refractivity contribution in [2.24, 2.45) is 23.7 Å². The molecule has 2 aliphatic heterocycles. The Labute approximate surface area is 516 Å². The summed E-state index contributed by atoms with van der Waals surface area (Å²) in [7, 11) is 1.71. The van der Waals surface area contributed by atoms with Gasteiger partial charge < -0.3 is 41.7 Å². The van der Waals surface area contributed by atoms with Gasteiger partial charge in [-0.05, 0) is 191 Å². The Morgan fingerprint density at radius 1 is 0.545 bits per heavy atom. The summed E-state index contributed by atoms with van der Waals surface area (Å²) in [5.41, 5.74) is 5.63. The van der Waals surface area contributed by atoms with Crippen LogP contribution in [-0.4, -0.2) is 113 Å². The Balaban J connectivity index is 0.814. The number of carbonyl (C=O) groups is 8. The van der Waals surface area contributed by atoms with Gasteiger partial charge in [0, 0.05) is 54.6 Å². The van der Waals surface area contributed by atoms with Gasteiger partial charge in [-0.25, -0.2) is 8.78 Å². The molecule has 88 heavy (non-hydrogen) atoms. The molecule has 2 saturated carbocycles. The third-order valence-corrected chi connectivity index (χ3v) is 20.2. The van der Waals surface area contributed by atoms with Gasteiger partial charge in [-0.3, -0.25) is 38.4 Å². The average Bonchev–Trinajstić information content (AvgIpc) is 2.14. The third-order valence-electron chi connectivity index (χ3n) is 20.2. The molecule has 2 heterocycles. The van der Waals surface area contributed by atoms with Gasteiger partial charge in [0.1, 0.15) is 35.5 Å². The van der Waals surface area contributed by atoms with Crippen LogP contribution in [0.1, 0.15) is 191 Å². The Morgan fingerprint density at radius 3 is 1.45 bits per heavy atom. The number of ketones is 1. The fourth-order valence-corrected chi connectivity index (χ4v) is 14.7. The number of amides is 7. The number of nitrogens with zero attached hydrogens (tertiary/aromatic N) is 2. The monoisotopic (exact) mass is 1210 g/mol. The highest BCUT2D eigenvalue weighted by atomic mass is 19.1. The lowest BCUT2D eigenvalue weighted by Gasteiger charge is -2.35. The van der Waals surface area contributed by atoms with Crippen LogP contribution < -0.4 is 31.9 Å². The van der Waals surface area contributed by atoms with Crippen molar-refractivity contribution in [2.45, 2.75) is 198 Å². The molecule has 0 spiro atoms. The molecule has 0 radical (unpaired) electrons. The SMILES string of the molecule is CC[C@@H](C)C(=O)N[C@H](C(=O)N1C[C@@H](NC(=O)c2ccc(-c3ccc(C(=O)N[C@H]4C[C@@H](C(=O)N[C@@H]5CCCc6ccc(F)cc65)N(C(=O)[C@@H](CC(=O)[C@H](C)NC)C5CCCCC5)C4)cc3)cc2)C[C@H]1C(=O)N[C@@H]1CCCc2ccc(F)cc21)C1CCCCC1. The first-order valence-electron chi connectivity index (χ1n) is 32.6. The van der Waals surface area contributed by atoms with E-state index in [-0.39, 0.29) is 79.5 Å². The molecule has 4 aliphatic carbocycles. The number of rotatable bonds is 20. The number of aryl methyl sites for hydroxylation is 2. The van der Waals surface area contributed by atoms with Crippen molar-refractivity contribution in [3.63, 3.8) is 0 Å². The minimum atomic E-state index is -0.963. The highest BCUT2D eigenvalue weighted by Gasteiger charge is 2.47. The van der Waals surface area contributed by atoms with E-state index in [0.29, 0.717) is 30.4 Å². The minimum absolute atomic E-state index is 0.0223. The van der Waals surface area contributed by atoms with E-state index in [1.54, 1.807) is 79.5 Å². The zero-order valence-electron chi connectivity index (χ0n) is 51.5. The first-order chi connectivity index (χ1) is 42.5. The zero-order chi connectivity index (χ0) is 62.2. The summed E-state index contributed by atoms with van der Waals surface area (Å²) >= 11 is 0. The Hall–Kier alpha value is -7.34. The van der Waals surface area contributed by atoms with Crippen LogP contribution in [0.25, 0.3) is 11.1 Å². The summed E-state index contributed by atoms with van der Waals surface area (Å²) in [5.74, 6) is -4.32. The summed E-state index contributed by atoms with van der Waals surface area (Å²) in [5, 5.41) is 18.6. The second-order valence-corrected chi connectivity index (χ2v) is 26.0. The number of carbonyl (C=O) groups excluding carboxylic acids is 8. The average molecular weight is 1210 g/mol. The van der Waals surface area contributed by atoms with Crippen LogP contribution in [0.4, 0.5) is 8.78 Å². The van der Waals surface area contributed by atoms with E-state index in [1.807, 2.05) is 13.8 Å². The molecular formula is C70H88F2N8O8. The van der Waals surface area contributed by atoms with Crippen molar-refractivity contribution in [3.8, 4) is 11.1 Å². The summed E-state index contributed by atoms with van der Waals surface area (Å²) < 4.78 is 29.2. The van der Waals surface area contributed by atoms with Crippen LogP contribution in [0.5, 0.6) is 0 Å². The van der Waals surface area contributed by atoms with E-state index >= 15 is 0 Å². The maximum Gasteiger partial charge on any atom is 0.251 e. The Kier molecular flexibility index (Phi) is 20.9. The van der Waals surface area contributed by atoms with Crippen molar-refractivity contribution in [3.05, 3.63) is 130 Å². The van der Waals surface area contributed by atoms with Crippen LogP contribution in [0.3, 0.4) is 0 Å². The number of halogens is 2. The van der Waals surface area contributed by atoms with Gasteiger partial charge in [-0.1, -0.05) is 88.8 Å². The highest BCUT2D eigenvalue weighted by molar-refractivity contribution is 5.98. The molecule has 18 heteroatoms. The molecule has 2 saturated heterocycles. The van der Waals surface area contributed by atoms with Crippen LogP contribution in [0.15, 0.2) is 84.9 Å². The largest absolute Gasteiger partial charge is 0.347 e. The number of nitrogens with one attached hydrogen (secondary N) is 6. The van der Waals surface area contributed by atoms with E-state index in [2.05, 4.69) is 31.9 Å². The summed E-state index contributed by atoms with van der Waals surface area (Å²) in [6.45, 7) is 5.65. The van der Waals surface area contributed by atoms with Crippen LogP contribution in [-0.2, 0) is 41.6 Å². The predicted molar refractivity (Wildman–Crippen MR) is 331 cm³/mol. The molecule has 0 bridgehead atoms. The lowest BCUT2D eigenvalue weighted by molar-refractivity contribution is -0.145. The van der Waals surface area contributed by atoms with E-state index in [9.17, 15) is 47.1 Å². The number of benzene rings is 4. The molecule has 0 aromatic heterocycles. The normalized spacial score (nSPS) is 23.5. The van der Waals surface area contributed by atoms with Gasteiger partial charge in [0.2, 0.25) is 29.5 Å². The molecule has 4 aromatic rings. The second-order valence-electron chi connectivity index (χ2n) is 26.0. The zero-order valence-corrected chi connectivity index (χ0v) is 51.5. The second kappa shape index (κ2) is 28.9. The molecule has 10 rings (SSSR count). The third kappa shape index (κ3) is 14.9. The molecule has 10 atom stereocenters. The predicted octanol–water partition coefficient (Wildman–Crippen LogP) is 9.29. The standard InChI is InChI=1S/C70H88F2N8O8/c1-5-41(2)64(82)78-63(48-16-10-7-11-17-48)70(88)80-40-54(37-61(80)68(86)77-59-21-13-19-47-31-33-52(72)35-56(47)59)75-66(84)50-28-24-44(25-29-50)43-22-26-49(27-23-43)65(83)74-53-36-60(67(85)76-58-20-12-18-46-30-32-51(71)34-55(46)58)79(39-53)69(87)57(38-62(81)42(3)73-4)45-14-8-6-9-15-45/h22-35,41-42,45,48,53-54,57-61,63,73H,5-21,36-40H2,1-4H3,(H,74,83)(H,75,84)(H,76,85)(H,77,86)(H,78,82)/t41-,42+,53+,54+,57+,58-,59-,60+,61+,63+/m1/s1. The smallest absolute Gasteiger partial charge is 0.251 e. The van der Waals surface area contributed by atoms with Gasteiger partial charge in [0.05, 0.1) is 18.1 Å². The van der Waals surface area contributed by atoms with Crippen molar-refractivity contribution in [2.75, 3.05) is 20.1 Å². The molecule has 7 amide bonds. The number of Topliss-reactive ketones (excluding diaryl/α,β-unsaturated/α-hetero) is 1. The number of fused-ring (bicyclic) bond motifs is 2. The van der Waals surface area contributed by atoms with E-state index in [1.165, 1.54) is 29.2 Å². The number of likely N-dealkylation sites (tertiary alicyclic amines) is 2. The molecule has 6 aliphatic rings. The van der Waals surface area contributed by atoms with E-state index in [0.717, 1.165) is 123 Å². The topological polar surface area (TPSA) is 215 Å². The fraction of sp³-hybridized carbons (Fsp3) is 0.543. The summed E-state index contributed by atoms with van der Waals surface area (Å²) in [4.78, 5) is 117. The molecule has 6 N–H and O–H groups in total. The molecule has 4 fully saturated rings. The lowest BCUT2D eigenvalue weighted by Crippen LogP contribution is -2.57. The van der Waals surface area contributed by atoms with Crippen LogP contribution in [0.2, 0.25) is 0 Å². The molecule has 16 nitrogen and oxygen atoms in total. The van der Waals surface area contributed by atoms with Gasteiger partial charge in [0.25, 0.3) is 11.8 Å². The Bertz CT molecular complexity index is 2990. The first kappa shape index (κ1) is 63.7. The molecular weight excluding hydrogens is 1120 g/mol. The van der Waals surface area contributed by atoms with Crippen molar-refractivity contribution >= 4 is 47.1 Å². The fourth-order valence-electron chi connectivity index (χ4n) is 14.7. The molecule has 4 aromatic carbocycles. The van der Waals surface area contributed by atoms with Gasteiger partial charge in [-0.2, -0.15) is 0 Å². The molecule has 0 unspecified atom stereocenters. The van der Waals surface area contributed by atoms with E-state index < -0.39 is 83.6 Å². The van der Waals surface area contributed by atoms with Gasteiger partial charge >= 0.3 is 0 Å². The van der Waals surface area contributed by atoms with Crippen molar-refractivity contribution in [1.82, 2.24) is 41.7 Å². The minimum Gasteiger partial charge on any atom is -0.347 e. The Morgan fingerprint density at radius 2 is 1.00 bits per heavy atom. The van der Waals surface area contributed by atoms with Crippen molar-refractivity contribution in [1.29, 1.82) is 0 Å². The van der Waals surface area contributed by atoms with Gasteiger partial charge in [0.15, 0.2) is 0 Å². The van der Waals surface area contributed by atoms with E-state index in [4.69, 9.17) is 0 Å². The lowest BCUT2D eigenvalue weighted by atomic mass is 9.76. The summed E-state index contributed by atoms with van der Waals surface area (Å²) in [6, 6.07) is 18.0. The maximum atomic E-state index is 15.0. The van der Waals surface area contributed by atoms with Crippen LogP contribution in [0, 0.1) is 35.3 Å². The highest BCUT2D eigenvalue weighted by Crippen LogP contribution is 2.38. The number of likely N-dealkylation sites (N-methyl/N-ethyl adjacent to an activating group) is 1. The summed E-state index contributed by atoms with van der Waals surface area (Å²) in [6.07, 6.45) is 14.3. The quantitative estimate of drug-likeness (QED) is 0.0497.